The van der Waals surface area contributed by atoms with Gasteiger partial charge in [-0.15, -0.1) is 0 Å². The van der Waals surface area contributed by atoms with Gasteiger partial charge >= 0.3 is 11.9 Å². The van der Waals surface area contributed by atoms with Crippen LogP contribution in [0.5, 0.6) is 0 Å². The number of halogens is 2. The first-order valence-electron chi connectivity index (χ1n) is 16.4. The van der Waals surface area contributed by atoms with Gasteiger partial charge in [-0.25, -0.2) is 14.6 Å². The number of aromatic nitrogens is 2. The van der Waals surface area contributed by atoms with Crippen LogP contribution in [0.15, 0.2) is 91.0 Å². The molecule has 0 unspecified atom stereocenters. The number of rotatable bonds is 16. The van der Waals surface area contributed by atoms with E-state index in [4.69, 9.17) is 52.9 Å². The monoisotopic (exact) mass is 744 g/mol. The molecule has 1 amide bonds. The van der Waals surface area contributed by atoms with Crippen molar-refractivity contribution in [2.24, 2.45) is 5.73 Å². The highest BCUT2D eigenvalue weighted by Crippen LogP contribution is 2.38. The number of methoxy groups -OCH3 is 2. The average molecular weight is 746 g/mol. The summed E-state index contributed by atoms with van der Waals surface area (Å²) in [4.78, 5) is 43.6. The summed E-state index contributed by atoms with van der Waals surface area (Å²) in [5, 5.41) is 3.99. The molecule has 0 fully saturated rings. The van der Waals surface area contributed by atoms with Crippen LogP contribution >= 0.6 is 23.2 Å². The number of benzene rings is 4. The predicted octanol–water partition coefficient (Wildman–Crippen LogP) is 6.53. The number of imidazole rings is 1. The minimum Gasteiger partial charge on any atom is -0.465 e. The van der Waals surface area contributed by atoms with E-state index in [1.807, 2.05) is 41.0 Å². The summed E-state index contributed by atoms with van der Waals surface area (Å²) in [6, 6.07) is 26.6. The summed E-state index contributed by atoms with van der Waals surface area (Å²) < 4.78 is 22.8. The van der Waals surface area contributed by atoms with Gasteiger partial charge in [0.2, 0.25) is 0 Å². The predicted molar refractivity (Wildman–Crippen MR) is 200 cm³/mol. The van der Waals surface area contributed by atoms with Crippen LogP contribution in [-0.4, -0.2) is 81.1 Å². The highest BCUT2D eigenvalue weighted by Gasteiger charge is 2.24. The fourth-order valence-electron chi connectivity index (χ4n) is 5.45. The first kappa shape index (κ1) is 38.2. The van der Waals surface area contributed by atoms with E-state index in [2.05, 4.69) is 5.32 Å². The van der Waals surface area contributed by atoms with Crippen LogP contribution in [0, 0.1) is 0 Å². The first-order valence-corrected chi connectivity index (χ1v) is 17.1. The SMILES string of the molecule is COC(=O)c1cc(C(=O)OC)cc(-c2nc(-c3ccc(Cl)cc3)c(-c3ccc(Cl)cc3)n2Cc2ccc(C(=O)NCCOCCOCCN)cc2)c1. The van der Waals surface area contributed by atoms with Crippen molar-refractivity contribution in [1.29, 1.82) is 0 Å². The third-order valence-electron chi connectivity index (χ3n) is 7.96. The van der Waals surface area contributed by atoms with Gasteiger partial charge in [-0.2, -0.15) is 0 Å². The lowest BCUT2D eigenvalue weighted by atomic mass is 10.0. The number of esters is 2. The molecule has 4 aromatic carbocycles. The van der Waals surface area contributed by atoms with Gasteiger partial charge < -0.3 is 34.6 Å². The maximum atomic E-state index is 12.9. The molecular formula is C39H38Cl2N4O7. The van der Waals surface area contributed by atoms with E-state index >= 15 is 0 Å². The number of ether oxygens (including phenoxy) is 4. The van der Waals surface area contributed by atoms with Crippen LogP contribution in [0.3, 0.4) is 0 Å². The minimum absolute atomic E-state index is 0.150. The van der Waals surface area contributed by atoms with Crippen LogP contribution in [-0.2, 0) is 25.5 Å². The molecule has 0 spiro atoms. The van der Waals surface area contributed by atoms with E-state index in [1.165, 1.54) is 20.3 Å². The standard InChI is InChI=1S/C39H38Cl2N4O7/c1-49-38(47)30-21-29(22-31(23-30)39(48)50-2)36-44-34(26-7-11-32(40)12-8-26)35(27-9-13-33(41)14-10-27)45(36)24-25-3-5-28(6-4-25)37(46)43-16-18-52-20-19-51-17-15-42/h3-14,21-23H,15-20,24,42H2,1-2H3,(H,43,46). The molecule has 1 aromatic heterocycles. The Kier molecular flexibility index (Phi) is 13.6. The molecule has 0 aliphatic carbocycles. The second kappa shape index (κ2) is 18.5. The largest absolute Gasteiger partial charge is 0.465 e. The van der Waals surface area contributed by atoms with Crippen LogP contribution in [0.4, 0.5) is 0 Å². The van der Waals surface area contributed by atoms with Gasteiger partial charge in [0, 0.05) is 51.9 Å². The summed E-state index contributed by atoms with van der Waals surface area (Å²) in [5.41, 5.74) is 10.5. The molecule has 0 bridgehead atoms. The van der Waals surface area contributed by atoms with Crippen molar-refractivity contribution in [2.75, 3.05) is 53.7 Å². The molecule has 13 heteroatoms. The van der Waals surface area contributed by atoms with Crippen molar-refractivity contribution in [3.63, 3.8) is 0 Å². The molecule has 5 aromatic rings. The van der Waals surface area contributed by atoms with Crippen molar-refractivity contribution in [3.8, 4) is 33.9 Å². The Hall–Kier alpha value is -5.04. The summed E-state index contributed by atoms with van der Waals surface area (Å²) in [7, 11) is 2.54. The number of carbonyl (C=O) groups excluding carboxylic acids is 3. The van der Waals surface area contributed by atoms with Gasteiger partial charge in [0.15, 0.2) is 0 Å². The van der Waals surface area contributed by atoms with Gasteiger partial charge in [0.1, 0.15) is 5.82 Å². The number of nitrogens with zero attached hydrogens (tertiary/aromatic N) is 2. The van der Waals surface area contributed by atoms with Crippen molar-refractivity contribution in [2.45, 2.75) is 6.54 Å². The summed E-state index contributed by atoms with van der Waals surface area (Å²) >= 11 is 12.6. The van der Waals surface area contributed by atoms with E-state index < -0.39 is 11.9 Å². The molecule has 1 heterocycles. The fraction of sp³-hybridized carbons (Fsp3) is 0.231. The van der Waals surface area contributed by atoms with Gasteiger partial charge in [-0.1, -0.05) is 59.6 Å². The lowest BCUT2D eigenvalue weighted by molar-refractivity contribution is 0.0511. The maximum absolute atomic E-state index is 12.9. The van der Waals surface area contributed by atoms with E-state index in [0.29, 0.717) is 78.8 Å². The van der Waals surface area contributed by atoms with Crippen molar-refractivity contribution in [1.82, 2.24) is 14.9 Å². The molecule has 0 aliphatic rings. The molecule has 0 atom stereocenters. The third-order valence-corrected chi connectivity index (χ3v) is 8.46. The molecule has 270 valence electrons. The van der Waals surface area contributed by atoms with Crippen molar-refractivity contribution >= 4 is 41.0 Å². The van der Waals surface area contributed by atoms with Crippen LogP contribution in [0.25, 0.3) is 33.9 Å². The Balaban J connectivity index is 1.55. The normalized spacial score (nSPS) is 10.9. The molecule has 0 saturated carbocycles. The zero-order valence-electron chi connectivity index (χ0n) is 28.7. The Morgan fingerprint density at radius 3 is 1.81 bits per heavy atom. The molecular weight excluding hydrogens is 707 g/mol. The van der Waals surface area contributed by atoms with E-state index in [9.17, 15) is 14.4 Å². The van der Waals surface area contributed by atoms with E-state index in [0.717, 1.165) is 22.4 Å². The highest BCUT2D eigenvalue weighted by molar-refractivity contribution is 6.31. The minimum atomic E-state index is -0.627. The maximum Gasteiger partial charge on any atom is 0.337 e. The zero-order chi connectivity index (χ0) is 37.0. The Labute approximate surface area is 311 Å². The highest BCUT2D eigenvalue weighted by atomic mass is 35.5. The van der Waals surface area contributed by atoms with Gasteiger partial charge in [0.05, 0.1) is 63.2 Å². The lowest BCUT2D eigenvalue weighted by Crippen LogP contribution is -2.27. The van der Waals surface area contributed by atoms with Crippen molar-refractivity contribution in [3.05, 3.63) is 123 Å². The molecule has 5 rings (SSSR count). The Morgan fingerprint density at radius 2 is 1.25 bits per heavy atom. The Bertz CT molecular complexity index is 1960. The average Bonchev–Trinajstić information content (AvgIpc) is 3.54. The number of nitrogens with two attached hydrogens (primary N) is 1. The number of carbonyl (C=O) groups is 3. The fourth-order valence-corrected chi connectivity index (χ4v) is 5.70. The van der Waals surface area contributed by atoms with Crippen LogP contribution in [0.1, 0.15) is 36.6 Å². The Morgan fingerprint density at radius 1 is 0.692 bits per heavy atom. The smallest absolute Gasteiger partial charge is 0.337 e. The van der Waals surface area contributed by atoms with Crippen molar-refractivity contribution < 1.29 is 33.3 Å². The second-order valence-electron chi connectivity index (χ2n) is 11.5. The van der Waals surface area contributed by atoms with Gasteiger partial charge in [0.25, 0.3) is 5.91 Å². The molecule has 3 N–H and O–H groups in total. The quantitative estimate of drug-likeness (QED) is 0.0851. The molecule has 11 nitrogen and oxygen atoms in total. The topological polar surface area (TPSA) is 144 Å². The first-order chi connectivity index (χ1) is 25.2. The summed E-state index contributed by atoms with van der Waals surface area (Å²) in [6.45, 7) is 2.76. The van der Waals surface area contributed by atoms with Crippen LogP contribution < -0.4 is 11.1 Å². The summed E-state index contributed by atoms with van der Waals surface area (Å²) in [5.74, 6) is -1.03. The third kappa shape index (κ3) is 9.64. The molecule has 0 saturated heterocycles. The second-order valence-corrected chi connectivity index (χ2v) is 12.4. The molecule has 52 heavy (non-hydrogen) atoms. The number of amides is 1. The lowest BCUT2D eigenvalue weighted by Gasteiger charge is -2.15. The number of hydrogen-bond acceptors (Lipinski definition) is 9. The number of nitrogens with one attached hydrogen (secondary N) is 1. The zero-order valence-corrected chi connectivity index (χ0v) is 30.2. The molecule has 0 aliphatic heterocycles. The number of hydrogen-bond donors (Lipinski definition) is 2. The van der Waals surface area contributed by atoms with Crippen LogP contribution in [0.2, 0.25) is 10.0 Å². The summed E-state index contributed by atoms with van der Waals surface area (Å²) in [6.07, 6.45) is 0. The van der Waals surface area contributed by atoms with E-state index in [-0.39, 0.29) is 17.0 Å². The van der Waals surface area contributed by atoms with Gasteiger partial charge in [-0.3, -0.25) is 4.79 Å². The van der Waals surface area contributed by atoms with E-state index in [1.54, 1.807) is 48.5 Å². The molecule has 0 radical (unpaired) electrons. The van der Waals surface area contributed by atoms with Gasteiger partial charge in [-0.05, 0) is 60.2 Å².